The van der Waals surface area contributed by atoms with Gasteiger partial charge in [-0.25, -0.2) is 4.39 Å². The number of rotatable bonds is 3. The Hall–Kier alpha value is -2.90. The van der Waals surface area contributed by atoms with Gasteiger partial charge >= 0.3 is 0 Å². The fourth-order valence-electron chi connectivity index (χ4n) is 2.62. The van der Waals surface area contributed by atoms with E-state index in [9.17, 15) is 14.0 Å². The molecule has 0 saturated heterocycles. The van der Waals surface area contributed by atoms with Crippen LogP contribution in [-0.2, 0) is 6.42 Å². The highest BCUT2D eigenvalue weighted by molar-refractivity contribution is 7.15. The highest BCUT2D eigenvalue weighted by Crippen LogP contribution is 2.19. The zero-order chi connectivity index (χ0) is 19.0. The van der Waals surface area contributed by atoms with Crippen molar-refractivity contribution in [3.8, 4) is 0 Å². The van der Waals surface area contributed by atoms with Gasteiger partial charge in [0.1, 0.15) is 11.5 Å². The molecule has 134 valence electrons. The van der Waals surface area contributed by atoms with E-state index < -0.39 is 16.9 Å². The minimum Gasteiger partial charge on any atom is -0.266 e. The van der Waals surface area contributed by atoms with Crippen LogP contribution in [0.3, 0.4) is 0 Å². The maximum atomic E-state index is 14.0. The molecule has 0 radical (unpaired) electrons. The second-order valence-corrected chi connectivity index (χ2v) is 7.19. The molecule has 0 fully saturated rings. The maximum absolute atomic E-state index is 14.0. The van der Waals surface area contributed by atoms with Gasteiger partial charge in [-0.1, -0.05) is 59.3 Å². The minimum absolute atomic E-state index is 0.107. The molecule has 2 heterocycles. The van der Waals surface area contributed by atoms with Crippen molar-refractivity contribution >= 4 is 34.0 Å². The van der Waals surface area contributed by atoms with Crippen molar-refractivity contribution in [3.05, 3.63) is 101 Å². The Kier molecular flexibility index (Phi) is 4.55. The van der Waals surface area contributed by atoms with E-state index in [1.165, 1.54) is 24.3 Å². The van der Waals surface area contributed by atoms with Crippen LogP contribution in [0.25, 0.3) is 11.0 Å². The standard InChI is InChI=1S/C19H11ClFN3O2S/c20-13-7-4-8-14(21)12(13)10-16-18(26)24-19(27-16)22-17(25)15(23-24)9-11-5-2-1-3-6-11/h1-8,10H,9H2. The summed E-state index contributed by atoms with van der Waals surface area (Å²) >= 11 is 6.98. The van der Waals surface area contributed by atoms with Gasteiger partial charge in [-0.15, -0.1) is 0 Å². The Morgan fingerprint density at radius 3 is 2.63 bits per heavy atom. The van der Waals surface area contributed by atoms with E-state index in [1.54, 1.807) is 0 Å². The van der Waals surface area contributed by atoms with Gasteiger partial charge < -0.3 is 0 Å². The van der Waals surface area contributed by atoms with Crippen LogP contribution in [0.15, 0.2) is 58.1 Å². The molecule has 4 rings (SSSR count). The van der Waals surface area contributed by atoms with Crippen LogP contribution < -0.4 is 15.7 Å². The predicted molar refractivity (Wildman–Crippen MR) is 103 cm³/mol. The number of hydrogen-bond acceptors (Lipinski definition) is 5. The van der Waals surface area contributed by atoms with Crippen molar-refractivity contribution in [1.82, 2.24) is 14.6 Å². The van der Waals surface area contributed by atoms with E-state index in [-0.39, 0.29) is 32.2 Å². The summed E-state index contributed by atoms with van der Waals surface area (Å²) < 4.78 is 15.3. The fourth-order valence-corrected chi connectivity index (χ4v) is 3.72. The van der Waals surface area contributed by atoms with E-state index in [1.807, 2.05) is 30.3 Å². The Morgan fingerprint density at radius 2 is 1.89 bits per heavy atom. The molecule has 2 aromatic carbocycles. The summed E-state index contributed by atoms with van der Waals surface area (Å²) in [6.07, 6.45) is 1.62. The monoisotopic (exact) mass is 399 g/mol. The van der Waals surface area contributed by atoms with Gasteiger partial charge in [-0.3, -0.25) is 9.59 Å². The number of benzene rings is 2. The first-order chi connectivity index (χ1) is 13.0. The van der Waals surface area contributed by atoms with Crippen LogP contribution in [0.4, 0.5) is 4.39 Å². The van der Waals surface area contributed by atoms with Crippen LogP contribution in [0.1, 0.15) is 16.8 Å². The summed E-state index contributed by atoms with van der Waals surface area (Å²) in [6.45, 7) is 0. The first kappa shape index (κ1) is 17.5. The van der Waals surface area contributed by atoms with Gasteiger partial charge in [0.15, 0.2) is 0 Å². The summed E-state index contributed by atoms with van der Waals surface area (Å²) in [5.41, 5.74) is 0.197. The van der Waals surface area contributed by atoms with Gasteiger partial charge in [-0.05, 0) is 23.8 Å². The van der Waals surface area contributed by atoms with Crippen molar-refractivity contribution in [2.75, 3.05) is 0 Å². The van der Waals surface area contributed by atoms with Gasteiger partial charge in [0.05, 0.1) is 9.55 Å². The zero-order valence-corrected chi connectivity index (χ0v) is 15.3. The molecule has 0 N–H and O–H groups in total. The molecule has 0 amide bonds. The van der Waals surface area contributed by atoms with Crippen LogP contribution in [0, 0.1) is 5.82 Å². The van der Waals surface area contributed by atoms with Crippen LogP contribution >= 0.6 is 22.9 Å². The molecule has 0 saturated carbocycles. The third-order valence-electron chi connectivity index (χ3n) is 3.94. The molecular weight excluding hydrogens is 389 g/mol. The Labute approximate surface area is 161 Å². The van der Waals surface area contributed by atoms with E-state index in [0.29, 0.717) is 0 Å². The molecule has 0 aliphatic rings. The largest absolute Gasteiger partial charge is 0.296 e. The molecule has 4 aromatic rings. The molecule has 27 heavy (non-hydrogen) atoms. The van der Waals surface area contributed by atoms with Crippen molar-refractivity contribution in [1.29, 1.82) is 0 Å². The van der Waals surface area contributed by atoms with Gasteiger partial charge in [0.2, 0.25) is 4.96 Å². The van der Waals surface area contributed by atoms with Crippen LogP contribution in [0.5, 0.6) is 0 Å². The molecule has 0 atom stereocenters. The molecule has 0 unspecified atom stereocenters. The average Bonchev–Trinajstić information content (AvgIpc) is 2.94. The van der Waals surface area contributed by atoms with Crippen molar-refractivity contribution < 1.29 is 4.39 Å². The van der Waals surface area contributed by atoms with Crippen molar-refractivity contribution in [2.24, 2.45) is 0 Å². The third kappa shape index (κ3) is 3.39. The average molecular weight is 400 g/mol. The van der Waals surface area contributed by atoms with Crippen LogP contribution in [0.2, 0.25) is 5.02 Å². The zero-order valence-electron chi connectivity index (χ0n) is 13.7. The topological polar surface area (TPSA) is 64.3 Å². The Balaban J connectivity index is 1.87. The minimum atomic E-state index is -0.542. The van der Waals surface area contributed by atoms with Crippen molar-refractivity contribution in [2.45, 2.75) is 6.42 Å². The molecule has 0 aliphatic heterocycles. The lowest BCUT2D eigenvalue weighted by atomic mass is 10.1. The SMILES string of the molecule is O=c1nc2sc(=Cc3c(F)cccc3Cl)c(=O)n2nc1Cc1ccccc1. The number of halogens is 2. The summed E-state index contributed by atoms with van der Waals surface area (Å²) in [6, 6.07) is 13.6. The van der Waals surface area contributed by atoms with Gasteiger partial charge in [0.25, 0.3) is 11.1 Å². The molecule has 0 aliphatic carbocycles. The lowest BCUT2D eigenvalue weighted by Crippen LogP contribution is -2.28. The lowest BCUT2D eigenvalue weighted by Gasteiger charge is -1.99. The molecular formula is C19H11ClFN3O2S. The normalized spacial score (nSPS) is 12.0. The fraction of sp³-hybridized carbons (Fsp3) is 0.0526. The van der Waals surface area contributed by atoms with Crippen LogP contribution in [-0.4, -0.2) is 14.6 Å². The highest BCUT2D eigenvalue weighted by Gasteiger charge is 2.12. The number of fused-ring (bicyclic) bond motifs is 1. The number of hydrogen-bond donors (Lipinski definition) is 0. The second-order valence-electron chi connectivity index (χ2n) is 5.77. The number of nitrogens with zero attached hydrogens (tertiary/aromatic N) is 3. The first-order valence-corrected chi connectivity index (χ1v) is 9.15. The molecule has 8 heteroatoms. The van der Waals surface area contributed by atoms with E-state index in [4.69, 9.17) is 11.6 Å². The first-order valence-electron chi connectivity index (χ1n) is 7.95. The molecule has 5 nitrogen and oxygen atoms in total. The highest BCUT2D eigenvalue weighted by atomic mass is 35.5. The van der Waals surface area contributed by atoms with E-state index in [0.717, 1.165) is 21.4 Å². The van der Waals surface area contributed by atoms with Crippen molar-refractivity contribution in [3.63, 3.8) is 0 Å². The maximum Gasteiger partial charge on any atom is 0.296 e. The second kappa shape index (κ2) is 7.02. The molecule has 0 spiro atoms. The van der Waals surface area contributed by atoms with Gasteiger partial charge in [-0.2, -0.15) is 14.6 Å². The van der Waals surface area contributed by atoms with Gasteiger partial charge in [0, 0.05) is 12.0 Å². The predicted octanol–water partition coefficient (Wildman–Crippen LogP) is 2.44. The summed E-state index contributed by atoms with van der Waals surface area (Å²) in [4.78, 5) is 29.0. The van der Waals surface area contributed by atoms with E-state index >= 15 is 0 Å². The summed E-state index contributed by atoms with van der Waals surface area (Å²) in [7, 11) is 0. The lowest BCUT2D eigenvalue weighted by molar-refractivity contribution is 0.625. The number of thiazole rings is 1. The summed E-state index contributed by atoms with van der Waals surface area (Å²) in [5.74, 6) is -0.542. The molecule has 2 aromatic heterocycles. The number of aromatic nitrogens is 3. The van der Waals surface area contributed by atoms with E-state index in [2.05, 4.69) is 10.1 Å². The Bertz CT molecular complexity index is 1300. The summed E-state index contributed by atoms with van der Waals surface area (Å²) in [5, 5.41) is 4.36. The smallest absolute Gasteiger partial charge is 0.266 e. The molecule has 0 bridgehead atoms. The Morgan fingerprint density at radius 1 is 1.11 bits per heavy atom. The third-order valence-corrected chi connectivity index (χ3v) is 5.23. The quantitative estimate of drug-likeness (QED) is 0.531.